The third-order valence-corrected chi connectivity index (χ3v) is 7.73. The van der Waals surface area contributed by atoms with Gasteiger partial charge in [-0.15, -0.1) is 0 Å². The summed E-state index contributed by atoms with van der Waals surface area (Å²) >= 11 is 0. The Morgan fingerprint density at radius 3 is 2.55 bits per heavy atom. The highest BCUT2D eigenvalue weighted by molar-refractivity contribution is 7.89. The van der Waals surface area contributed by atoms with E-state index in [1.54, 1.807) is 26.8 Å². The molecule has 1 aliphatic carbocycles. The Morgan fingerprint density at radius 1 is 1.18 bits per heavy atom. The van der Waals surface area contributed by atoms with E-state index in [-0.39, 0.29) is 22.0 Å². The highest BCUT2D eigenvalue weighted by Crippen LogP contribution is 2.21. The van der Waals surface area contributed by atoms with Crippen LogP contribution in [0, 0.1) is 6.92 Å². The second kappa shape index (κ2) is 8.91. The molecule has 2 heterocycles. The number of carbonyl (C=O) groups is 1. The summed E-state index contributed by atoms with van der Waals surface area (Å²) < 4.78 is 28.1. The minimum Gasteiger partial charge on any atom is -0.306 e. The van der Waals surface area contributed by atoms with Crippen molar-refractivity contribution >= 4 is 21.7 Å². The summed E-state index contributed by atoms with van der Waals surface area (Å²) in [6.45, 7) is 6.05. The van der Waals surface area contributed by atoms with Crippen LogP contribution in [0.2, 0.25) is 0 Å². The molecule has 3 aromatic rings. The molecule has 0 radical (unpaired) electrons. The van der Waals surface area contributed by atoms with Crippen molar-refractivity contribution in [1.29, 1.82) is 0 Å². The van der Waals surface area contributed by atoms with Gasteiger partial charge in [0.25, 0.3) is 11.5 Å². The first-order valence-electron chi connectivity index (χ1n) is 10.8. The van der Waals surface area contributed by atoms with Crippen LogP contribution in [0.25, 0.3) is 5.95 Å². The summed E-state index contributed by atoms with van der Waals surface area (Å²) in [5.41, 5.74) is 2.18. The maximum absolute atomic E-state index is 12.9. The summed E-state index contributed by atoms with van der Waals surface area (Å²) in [5.74, 6) is 0.148. The summed E-state index contributed by atoms with van der Waals surface area (Å²) in [6, 6.07) is 7.45. The van der Waals surface area contributed by atoms with Gasteiger partial charge in [0.15, 0.2) is 0 Å². The van der Waals surface area contributed by atoms with Crippen LogP contribution in [0.15, 0.2) is 40.0 Å². The lowest BCUT2D eigenvalue weighted by molar-refractivity contribution is 0.102. The predicted octanol–water partition coefficient (Wildman–Crippen LogP) is 2.04. The van der Waals surface area contributed by atoms with Crippen LogP contribution in [0.1, 0.15) is 47.6 Å². The SMILES string of the molecule is CCN(CC)S(=O)(=O)c1ccc(C(=O)Nc2cc(C)nn2-c2nc3c(c(=O)[nH]2)CCC3)cc1. The second-order valence-corrected chi connectivity index (χ2v) is 9.76. The number of aryl methyl sites for hydroxylation is 2. The van der Waals surface area contributed by atoms with E-state index in [4.69, 9.17) is 0 Å². The monoisotopic (exact) mass is 470 g/mol. The molecule has 0 aliphatic heterocycles. The summed E-state index contributed by atoms with van der Waals surface area (Å²) in [4.78, 5) is 32.7. The van der Waals surface area contributed by atoms with Crippen molar-refractivity contribution in [3.05, 3.63) is 63.2 Å². The molecule has 2 N–H and O–H groups in total. The topological polar surface area (TPSA) is 130 Å². The minimum atomic E-state index is -3.61. The first-order valence-corrected chi connectivity index (χ1v) is 12.3. The summed E-state index contributed by atoms with van der Waals surface area (Å²) in [5, 5.41) is 7.14. The Labute approximate surface area is 191 Å². The maximum Gasteiger partial charge on any atom is 0.256 e. The van der Waals surface area contributed by atoms with E-state index in [1.165, 1.54) is 33.3 Å². The van der Waals surface area contributed by atoms with Gasteiger partial charge in [-0.3, -0.25) is 14.6 Å². The average Bonchev–Trinajstić information content (AvgIpc) is 3.41. The molecular weight excluding hydrogens is 444 g/mol. The third-order valence-electron chi connectivity index (χ3n) is 5.66. The van der Waals surface area contributed by atoms with Crippen LogP contribution in [-0.2, 0) is 22.9 Å². The predicted molar refractivity (Wildman–Crippen MR) is 123 cm³/mol. The molecule has 1 aliphatic rings. The number of nitrogens with one attached hydrogen (secondary N) is 2. The van der Waals surface area contributed by atoms with Crippen LogP contribution in [0.5, 0.6) is 0 Å². The van der Waals surface area contributed by atoms with Gasteiger partial charge in [0.05, 0.1) is 16.3 Å². The molecule has 2 aromatic heterocycles. The smallest absolute Gasteiger partial charge is 0.256 e. The summed E-state index contributed by atoms with van der Waals surface area (Å²) in [7, 11) is -3.61. The number of aromatic amines is 1. The highest BCUT2D eigenvalue weighted by atomic mass is 32.2. The van der Waals surface area contributed by atoms with Gasteiger partial charge in [-0.05, 0) is 50.5 Å². The first-order chi connectivity index (χ1) is 15.7. The quantitative estimate of drug-likeness (QED) is 0.543. The molecular formula is C22H26N6O4S. The lowest BCUT2D eigenvalue weighted by Crippen LogP contribution is -2.30. The van der Waals surface area contributed by atoms with E-state index < -0.39 is 15.9 Å². The third kappa shape index (κ3) is 4.33. The maximum atomic E-state index is 12.9. The Morgan fingerprint density at radius 2 is 1.88 bits per heavy atom. The number of sulfonamides is 1. The van der Waals surface area contributed by atoms with Gasteiger partial charge >= 0.3 is 0 Å². The molecule has 174 valence electrons. The van der Waals surface area contributed by atoms with E-state index in [1.807, 2.05) is 0 Å². The number of hydrogen-bond acceptors (Lipinski definition) is 6. The van der Waals surface area contributed by atoms with Crippen LogP contribution in [0.4, 0.5) is 5.82 Å². The molecule has 10 nitrogen and oxygen atoms in total. The highest BCUT2D eigenvalue weighted by Gasteiger charge is 2.23. The molecule has 0 unspecified atom stereocenters. The van der Waals surface area contributed by atoms with Crippen LogP contribution in [-0.4, -0.2) is 51.5 Å². The number of rotatable bonds is 7. The number of anilines is 1. The van der Waals surface area contributed by atoms with Gasteiger partial charge in [0.2, 0.25) is 16.0 Å². The lowest BCUT2D eigenvalue weighted by atomic mass is 10.2. The van der Waals surface area contributed by atoms with E-state index in [0.717, 1.165) is 18.5 Å². The molecule has 0 atom stereocenters. The zero-order chi connectivity index (χ0) is 23.8. The van der Waals surface area contributed by atoms with Crippen molar-refractivity contribution in [2.75, 3.05) is 18.4 Å². The Bertz CT molecular complexity index is 1350. The number of H-pyrrole nitrogens is 1. The van der Waals surface area contributed by atoms with Crippen molar-refractivity contribution in [2.45, 2.75) is 44.9 Å². The van der Waals surface area contributed by atoms with Crippen LogP contribution >= 0.6 is 0 Å². The van der Waals surface area contributed by atoms with Crippen molar-refractivity contribution in [1.82, 2.24) is 24.1 Å². The van der Waals surface area contributed by atoms with Gasteiger partial charge in [-0.25, -0.2) is 13.4 Å². The fourth-order valence-electron chi connectivity index (χ4n) is 3.96. The van der Waals surface area contributed by atoms with Gasteiger partial charge in [0, 0.05) is 30.3 Å². The fourth-order valence-corrected chi connectivity index (χ4v) is 5.42. The molecule has 0 spiro atoms. The van der Waals surface area contributed by atoms with E-state index in [9.17, 15) is 18.0 Å². The van der Waals surface area contributed by atoms with E-state index >= 15 is 0 Å². The van der Waals surface area contributed by atoms with Gasteiger partial charge in [-0.1, -0.05) is 13.8 Å². The molecule has 33 heavy (non-hydrogen) atoms. The van der Waals surface area contributed by atoms with Crippen LogP contribution < -0.4 is 10.9 Å². The van der Waals surface area contributed by atoms with Gasteiger partial charge in [-0.2, -0.15) is 14.1 Å². The number of fused-ring (bicyclic) bond motifs is 1. The largest absolute Gasteiger partial charge is 0.306 e. The molecule has 0 fully saturated rings. The van der Waals surface area contributed by atoms with E-state index in [0.29, 0.717) is 36.6 Å². The lowest BCUT2D eigenvalue weighted by Gasteiger charge is -2.18. The Kier molecular flexibility index (Phi) is 6.17. The van der Waals surface area contributed by atoms with Gasteiger partial charge < -0.3 is 5.32 Å². The molecule has 1 aromatic carbocycles. The number of aromatic nitrogens is 4. The van der Waals surface area contributed by atoms with Gasteiger partial charge in [0.1, 0.15) is 5.82 Å². The van der Waals surface area contributed by atoms with Crippen molar-refractivity contribution < 1.29 is 13.2 Å². The summed E-state index contributed by atoms with van der Waals surface area (Å²) in [6.07, 6.45) is 2.33. The number of carbonyl (C=O) groups excluding carboxylic acids is 1. The molecule has 1 amide bonds. The average molecular weight is 471 g/mol. The molecule has 0 bridgehead atoms. The zero-order valence-electron chi connectivity index (χ0n) is 18.8. The van der Waals surface area contributed by atoms with E-state index in [2.05, 4.69) is 20.4 Å². The standard InChI is InChI=1S/C22H26N6O4S/c1-4-27(5-2)33(31,32)16-11-9-15(10-12-16)20(29)24-19-13-14(3)26-28(19)22-23-18-8-6-7-17(18)21(30)25-22/h9-13H,4-8H2,1-3H3,(H,24,29)(H,23,25,30). The normalized spacial score (nSPS) is 13.3. The van der Waals surface area contributed by atoms with Crippen molar-refractivity contribution in [2.24, 2.45) is 0 Å². The fraction of sp³-hybridized carbons (Fsp3) is 0.364. The van der Waals surface area contributed by atoms with Crippen LogP contribution in [0.3, 0.4) is 0 Å². The van der Waals surface area contributed by atoms with Crippen molar-refractivity contribution in [3.8, 4) is 5.95 Å². The second-order valence-electron chi connectivity index (χ2n) is 7.82. The molecule has 0 saturated heterocycles. The number of benzene rings is 1. The number of amides is 1. The Hall–Kier alpha value is -3.31. The first kappa shape index (κ1) is 22.9. The Balaban J connectivity index is 1.59. The van der Waals surface area contributed by atoms with Crippen molar-refractivity contribution in [3.63, 3.8) is 0 Å². The molecule has 4 rings (SSSR count). The minimum absolute atomic E-state index is 0.128. The molecule has 11 heteroatoms. The molecule has 0 saturated carbocycles. The number of hydrogen-bond donors (Lipinski definition) is 2. The zero-order valence-corrected chi connectivity index (χ0v) is 19.6. The number of nitrogens with zero attached hydrogens (tertiary/aromatic N) is 4.